The van der Waals surface area contributed by atoms with E-state index in [-0.39, 0.29) is 31.1 Å². The molecule has 6 heteroatoms. The van der Waals surface area contributed by atoms with Crippen molar-refractivity contribution in [1.82, 2.24) is 0 Å². The van der Waals surface area contributed by atoms with Gasteiger partial charge in [-0.15, -0.1) is 0 Å². The highest BCUT2D eigenvalue weighted by atomic mass is 16.6. The zero-order valence-electron chi connectivity index (χ0n) is 48.7. The van der Waals surface area contributed by atoms with E-state index in [0.29, 0.717) is 19.3 Å². The molecular formula is C67H120O6. The summed E-state index contributed by atoms with van der Waals surface area (Å²) in [6, 6.07) is 0. The van der Waals surface area contributed by atoms with Crippen LogP contribution < -0.4 is 0 Å². The third kappa shape index (κ3) is 59.9. The number of carbonyl (C=O) groups excluding carboxylic acids is 3. The molecule has 0 saturated carbocycles. The summed E-state index contributed by atoms with van der Waals surface area (Å²) in [5, 5.41) is 0. The summed E-state index contributed by atoms with van der Waals surface area (Å²) in [5.74, 6) is -0.859. The van der Waals surface area contributed by atoms with E-state index in [2.05, 4.69) is 81.5 Å². The molecule has 0 fully saturated rings. The Morgan fingerprint density at radius 1 is 0.288 bits per heavy atom. The maximum atomic E-state index is 12.8. The van der Waals surface area contributed by atoms with E-state index < -0.39 is 6.10 Å². The molecule has 0 bridgehead atoms. The van der Waals surface area contributed by atoms with Gasteiger partial charge in [-0.25, -0.2) is 0 Å². The maximum absolute atomic E-state index is 12.8. The summed E-state index contributed by atoms with van der Waals surface area (Å²) in [6.07, 6.45) is 78.3. The van der Waals surface area contributed by atoms with Crippen LogP contribution in [0.3, 0.4) is 0 Å². The first-order valence-electron chi connectivity index (χ1n) is 31.8. The SMILES string of the molecule is CC/C=C\C/C=C\C/C=C\C/C=C\C/C=C\CCCCCCCCCCCCCCCC(=O)OCC(COC(=O)CCCCCCCCC)OC(=O)CCCCCCCCCCCCCCCCCCCCC. The number of rotatable bonds is 58. The van der Waals surface area contributed by atoms with E-state index in [9.17, 15) is 14.4 Å². The molecule has 424 valence electrons. The van der Waals surface area contributed by atoms with Crippen LogP contribution in [0.15, 0.2) is 60.8 Å². The van der Waals surface area contributed by atoms with Gasteiger partial charge in [0, 0.05) is 19.3 Å². The van der Waals surface area contributed by atoms with Crippen LogP contribution >= 0.6 is 0 Å². The second-order valence-electron chi connectivity index (χ2n) is 21.3. The van der Waals surface area contributed by atoms with Crippen molar-refractivity contribution in [2.24, 2.45) is 0 Å². The molecule has 73 heavy (non-hydrogen) atoms. The van der Waals surface area contributed by atoms with Gasteiger partial charge < -0.3 is 14.2 Å². The fourth-order valence-corrected chi connectivity index (χ4v) is 9.30. The molecule has 0 heterocycles. The van der Waals surface area contributed by atoms with Gasteiger partial charge >= 0.3 is 17.9 Å². The lowest BCUT2D eigenvalue weighted by atomic mass is 10.0. The van der Waals surface area contributed by atoms with E-state index in [1.54, 1.807) is 0 Å². The van der Waals surface area contributed by atoms with E-state index in [4.69, 9.17) is 14.2 Å². The molecule has 0 spiro atoms. The first kappa shape index (κ1) is 70.1. The van der Waals surface area contributed by atoms with Crippen molar-refractivity contribution in [2.45, 2.75) is 335 Å². The maximum Gasteiger partial charge on any atom is 0.306 e. The zero-order valence-corrected chi connectivity index (χ0v) is 48.7. The number of carbonyl (C=O) groups is 3. The summed E-state index contributed by atoms with van der Waals surface area (Å²) in [5.41, 5.74) is 0. The number of hydrogen-bond acceptors (Lipinski definition) is 6. The summed E-state index contributed by atoms with van der Waals surface area (Å²) in [4.78, 5) is 38.1. The highest BCUT2D eigenvalue weighted by Gasteiger charge is 2.19. The lowest BCUT2D eigenvalue weighted by Gasteiger charge is -2.18. The van der Waals surface area contributed by atoms with E-state index in [1.807, 2.05) is 0 Å². The van der Waals surface area contributed by atoms with Gasteiger partial charge in [-0.2, -0.15) is 0 Å². The van der Waals surface area contributed by atoms with Crippen LogP contribution in [0.4, 0.5) is 0 Å². The van der Waals surface area contributed by atoms with Crippen molar-refractivity contribution in [3.05, 3.63) is 60.8 Å². The Balaban J connectivity index is 4.08. The highest BCUT2D eigenvalue weighted by Crippen LogP contribution is 2.17. The smallest absolute Gasteiger partial charge is 0.306 e. The van der Waals surface area contributed by atoms with Crippen LogP contribution in [0.5, 0.6) is 0 Å². The monoisotopic (exact) mass is 1020 g/mol. The van der Waals surface area contributed by atoms with Crippen molar-refractivity contribution in [3.8, 4) is 0 Å². The van der Waals surface area contributed by atoms with Gasteiger partial charge in [0.2, 0.25) is 0 Å². The molecule has 0 radical (unpaired) electrons. The van der Waals surface area contributed by atoms with E-state index in [0.717, 1.165) is 89.9 Å². The predicted molar refractivity (Wildman–Crippen MR) is 316 cm³/mol. The van der Waals surface area contributed by atoms with Gasteiger partial charge in [0.25, 0.3) is 0 Å². The Hall–Kier alpha value is -2.89. The van der Waals surface area contributed by atoms with E-state index in [1.165, 1.54) is 199 Å². The molecule has 0 amide bonds. The van der Waals surface area contributed by atoms with Crippen molar-refractivity contribution < 1.29 is 28.6 Å². The Morgan fingerprint density at radius 3 is 0.836 bits per heavy atom. The molecule has 0 aromatic rings. The Bertz CT molecular complexity index is 1310. The average Bonchev–Trinajstić information content (AvgIpc) is 3.39. The number of allylic oxidation sites excluding steroid dienone is 10. The largest absolute Gasteiger partial charge is 0.462 e. The molecule has 0 aliphatic rings. The van der Waals surface area contributed by atoms with Crippen LogP contribution in [0.25, 0.3) is 0 Å². The minimum atomic E-state index is -0.769. The van der Waals surface area contributed by atoms with Gasteiger partial charge in [-0.3, -0.25) is 14.4 Å². The number of unbranched alkanes of at least 4 members (excludes halogenated alkanes) is 37. The van der Waals surface area contributed by atoms with Gasteiger partial charge in [0.15, 0.2) is 6.10 Å². The molecule has 0 aliphatic carbocycles. The fourth-order valence-electron chi connectivity index (χ4n) is 9.30. The second-order valence-corrected chi connectivity index (χ2v) is 21.3. The molecule has 1 atom stereocenters. The number of hydrogen-bond donors (Lipinski definition) is 0. The Morgan fingerprint density at radius 2 is 0.534 bits per heavy atom. The third-order valence-corrected chi connectivity index (χ3v) is 14.0. The Labute approximate surface area is 453 Å². The molecule has 0 N–H and O–H groups in total. The lowest BCUT2D eigenvalue weighted by Crippen LogP contribution is -2.30. The van der Waals surface area contributed by atoms with Crippen LogP contribution in [0, 0.1) is 0 Å². The summed E-state index contributed by atoms with van der Waals surface area (Å²) in [6.45, 7) is 6.53. The van der Waals surface area contributed by atoms with Crippen LogP contribution in [-0.4, -0.2) is 37.2 Å². The van der Waals surface area contributed by atoms with Gasteiger partial charge in [0.05, 0.1) is 0 Å². The summed E-state index contributed by atoms with van der Waals surface area (Å²) in [7, 11) is 0. The first-order chi connectivity index (χ1) is 36.0. The normalized spacial score (nSPS) is 12.4. The topological polar surface area (TPSA) is 78.9 Å². The number of ether oxygens (including phenoxy) is 3. The number of esters is 3. The molecule has 0 rings (SSSR count). The molecule has 6 nitrogen and oxygen atoms in total. The molecule has 0 aliphatic heterocycles. The quantitative estimate of drug-likeness (QED) is 0.0261. The van der Waals surface area contributed by atoms with Crippen LogP contribution in [-0.2, 0) is 28.6 Å². The van der Waals surface area contributed by atoms with E-state index >= 15 is 0 Å². The van der Waals surface area contributed by atoms with Crippen molar-refractivity contribution in [2.75, 3.05) is 13.2 Å². The Kier molecular flexibility index (Phi) is 59.2. The third-order valence-electron chi connectivity index (χ3n) is 14.0. The first-order valence-corrected chi connectivity index (χ1v) is 31.8. The van der Waals surface area contributed by atoms with Gasteiger partial charge in [-0.05, 0) is 64.2 Å². The van der Waals surface area contributed by atoms with Crippen molar-refractivity contribution in [1.29, 1.82) is 0 Å². The average molecular weight is 1020 g/mol. The molecule has 0 aromatic carbocycles. The minimum Gasteiger partial charge on any atom is -0.462 e. The highest BCUT2D eigenvalue weighted by molar-refractivity contribution is 5.71. The fraction of sp³-hybridized carbons (Fsp3) is 0.806. The molecule has 1 unspecified atom stereocenters. The van der Waals surface area contributed by atoms with Gasteiger partial charge in [0.1, 0.15) is 13.2 Å². The summed E-state index contributed by atoms with van der Waals surface area (Å²) < 4.78 is 16.8. The summed E-state index contributed by atoms with van der Waals surface area (Å²) >= 11 is 0. The van der Waals surface area contributed by atoms with Crippen LogP contribution in [0.2, 0.25) is 0 Å². The van der Waals surface area contributed by atoms with Crippen molar-refractivity contribution >= 4 is 17.9 Å². The molecule has 0 saturated heterocycles. The standard InChI is InChI=1S/C67H120O6/c1-4-7-10-13-16-18-20-22-24-26-28-29-30-31-32-33-34-35-36-37-39-40-42-44-46-48-51-54-57-60-66(69)72-63-64(62-71-65(68)59-56-53-50-15-12-9-6-3)73-67(70)61-58-55-52-49-47-45-43-41-38-27-25-23-21-19-17-14-11-8-5-2/h7,10,16,18,22,24,28-29,31-32,64H,4-6,8-9,11-15,17,19-21,23,25-27,30,33-63H2,1-3H3/b10-7-,18-16-,24-22-,29-28-,32-31-. The molecular weight excluding hydrogens is 901 g/mol. The zero-order chi connectivity index (χ0) is 52.9. The lowest BCUT2D eigenvalue weighted by molar-refractivity contribution is -0.167. The molecule has 0 aromatic heterocycles. The predicted octanol–water partition coefficient (Wildman–Crippen LogP) is 21.6. The second kappa shape index (κ2) is 61.7. The van der Waals surface area contributed by atoms with Gasteiger partial charge in [-0.1, -0.05) is 306 Å². The minimum absolute atomic E-state index is 0.0695. The van der Waals surface area contributed by atoms with Crippen molar-refractivity contribution in [3.63, 3.8) is 0 Å². The van der Waals surface area contributed by atoms with Crippen LogP contribution in [0.1, 0.15) is 329 Å².